The first-order valence-electron chi connectivity index (χ1n) is 8.84. The van der Waals surface area contributed by atoms with Crippen LogP contribution in [0.1, 0.15) is 49.7 Å². The predicted octanol–water partition coefficient (Wildman–Crippen LogP) is 2.94. The topological polar surface area (TPSA) is 92.9 Å². The molecule has 2 aromatic rings. The highest BCUT2D eigenvalue weighted by atomic mass is 32.1. The summed E-state index contributed by atoms with van der Waals surface area (Å²) in [6.45, 7) is 2.27. The summed E-state index contributed by atoms with van der Waals surface area (Å²) >= 11 is 1.13. The van der Waals surface area contributed by atoms with Gasteiger partial charge >= 0.3 is 6.18 Å². The van der Waals surface area contributed by atoms with E-state index in [0.29, 0.717) is 5.56 Å². The van der Waals surface area contributed by atoms with Crippen LogP contribution in [0.4, 0.5) is 13.2 Å². The van der Waals surface area contributed by atoms with Crippen molar-refractivity contribution in [1.29, 1.82) is 0 Å². The number of primary amides is 1. The average Bonchev–Trinajstić information content (AvgIpc) is 3.17. The zero-order valence-electron chi connectivity index (χ0n) is 15.2. The first-order valence-corrected chi connectivity index (χ1v) is 9.66. The molecule has 3 heterocycles. The number of aliphatic hydroxyl groups is 1. The highest BCUT2D eigenvalue weighted by molar-refractivity contribution is 7.16. The van der Waals surface area contributed by atoms with Crippen molar-refractivity contribution in [2.45, 2.75) is 31.9 Å². The number of hydrogen-bond acceptors (Lipinski definition) is 5. The van der Waals surface area contributed by atoms with Gasteiger partial charge in [-0.2, -0.15) is 13.2 Å². The molecule has 10 heteroatoms. The molecular formula is C19H17F3N2O4S. The van der Waals surface area contributed by atoms with Crippen LogP contribution < -0.4 is 5.73 Å². The summed E-state index contributed by atoms with van der Waals surface area (Å²) in [4.78, 5) is 27.5. The third-order valence-electron chi connectivity index (χ3n) is 5.12. The van der Waals surface area contributed by atoms with Crippen LogP contribution in [0.3, 0.4) is 0 Å². The quantitative estimate of drug-likeness (QED) is 0.789. The van der Waals surface area contributed by atoms with Gasteiger partial charge in [-0.05, 0) is 13.0 Å². The predicted molar refractivity (Wildman–Crippen MR) is 98.4 cm³/mol. The number of carbonyl (C=O) groups excluding carboxylic acids is 2. The Kier molecular flexibility index (Phi) is 4.67. The van der Waals surface area contributed by atoms with Gasteiger partial charge in [0, 0.05) is 34.0 Å². The zero-order chi connectivity index (χ0) is 21.1. The second-order valence-corrected chi connectivity index (χ2v) is 8.16. The molecule has 0 radical (unpaired) electrons. The van der Waals surface area contributed by atoms with Crippen molar-refractivity contribution in [3.8, 4) is 10.4 Å². The molecule has 1 saturated heterocycles. The van der Waals surface area contributed by atoms with Gasteiger partial charge in [-0.3, -0.25) is 9.59 Å². The molecule has 1 atom stereocenters. The van der Waals surface area contributed by atoms with Crippen LogP contribution in [0.25, 0.3) is 10.4 Å². The van der Waals surface area contributed by atoms with E-state index in [-0.39, 0.29) is 35.7 Å². The normalized spacial score (nSPS) is 19.2. The van der Waals surface area contributed by atoms with Gasteiger partial charge in [0.2, 0.25) is 5.91 Å². The van der Waals surface area contributed by atoms with Gasteiger partial charge in [0.1, 0.15) is 0 Å². The number of nitrogens with zero attached hydrogens (tertiary/aromatic N) is 1. The lowest BCUT2D eigenvalue weighted by atomic mass is 9.94. The fourth-order valence-corrected chi connectivity index (χ4v) is 5.07. The van der Waals surface area contributed by atoms with Crippen molar-refractivity contribution in [1.82, 2.24) is 4.90 Å². The van der Waals surface area contributed by atoms with E-state index in [4.69, 9.17) is 10.5 Å². The van der Waals surface area contributed by atoms with Gasteiger partial charge in [-0.25, -0.2) is 0 Å². The first kappa shape index (κ1) is 19.9. The molecule has 154 valence electrons. The minimum Gasteiger partial charge on any atom is -0.389 e. The molecule has 29 heavy (non-hydrogen) atoms. The molecule has 2 aliphatic heterocycles. The van der Waals surface area contributed by atoms with Crippen LogP contribution >= 0.6 is 11.3 Å². The van der Waals surface area contributed by atoms with Crippen LogP contribution in [0.15, 0.2) is 18.2 Å². The van der Waals surface area contributed by atoms with Crippen LogP contribution in [-0.4, -0.2) is 41.0 Å². The molecular weight excluding hydrogens is 409 g/mol. The molecule has 1 aromatic carbocycles. The zero-order valence-corrected chi connectivity index (χ0v) is 16.1. The van der Waals surface area contributed by atoms with Crippen LogP contribution in [-0.2, 0) is 17.5 Å². The summed E-state index contributed by atoms with van der Waals surface area (Å²) in [6.07, 6.45) is -5.82. The number of ether oxygens (including phenoxy) is 1. The molecule has 0 spiro atoms. The number of nitrogens with two attached hydrogens (primary N) is 1. The van der Waals surface area contributed by atoms with E-state index >= 15 is 0 Å². The molecule has 1 fully saturated rings. The van der Waals surface area contributed by atoms with Crippen molar-refractivity contribution in [3.63, 3.8) is 0 Å². The van der Waals surface area contributed by atoms with Gasteiger partial charge in [0.05, 0.1) is 35.5 Å². The van der Waals surface area contributed by atoms with E-state index in [0.717, 1.165) is 22.3 Å². The van der Waals surface area contributed by atoms with Crippen LogP contribution in [0, 0.1) is 0 Å². The van der Waals surface area contributed by atoms with Gasteiger partial charge in [0.15, 0.2) is 0 Å². The highest BCUT2D eigenvalue weighted by Crippen LogP contribution is 2.47. The molecule has 0 bridgehead atoms. The van der Waals surface area contributed by atoms with Crippen molar-refractivity contribution in [2.75, 3.05) is 13.1 Å². The summed E-state index contributed by atoms with van der Waals surface area (Å²) in [7, 11) is 0. The SMILES string of the molecule is CC1OCc2sc(-c3cccc(C(F)(F)F)c3C(N)=O)c(C(=O)N3CC(O)C3)c21. The summed E-state index contributed by atoms with van der Waals surface area (Å²) in [5.74, 6) is -1.63. The van der Waals surface area contributed by atoms with Crippen LogP contribution in [0.2, 0.25) is 0 Å². The summed E-state index contributed by atoms with van der Waals surface area (Å²) in [5.41, 5.74) is 4.32. The maximum absolute atomic E-state index is 13.5. The van der Waals surface area contributed by atoms with Crippen molar-refractivity contribution >= 4 is 23.2 Å². The van der Waals surface area contributed by atoms with E-state index < -0.39 is 41.3 Å². The molecule has 1 aromatic heterocycles. The van der Waals surface area contributed by atoms with E-state index in [9.17, 15) is 27.9 Å². The number of likely N-dealkylation sites (tertiary alicyclic amines) is 1. The number of amides is 2. The Morgan fingerprint density at radius 1 is 1.28 bits per heavy atom. The average molecular weight is 426 g/mol. The molecule has 2 amide bonds. The Hall–Kier alpha value is -2.43. The molecule has 1 unspecified atom stereocenters. The highest BCUT2D eigenvalue weighted by Gasteiger charge is 2.40. The maximum Gasteiger partial charge on any atom is 0.417 e. The summed E-state index contributed by atoms with van der Waals surface area (Å²) < 4.78 is 46.1. The van der Waals surface area contributed by atoms with Crippen molar-refractivity contribution < 1.29 is 32.6 Å². The minimum absolute atomic E-state index is 0.0247. The second kappa shape index (κ2) is 6.82. The minimum atomic E-state index is -4.78. The van der Waals surface area contributed by atoms with Gasteiger partial charge in [-0.15, -0.1) is 11.3 Å². The Balaban J connectivity index is 1.94. The van der Waals surface area contributed by atoms with Gasteiger partial charge < -0.3 is 20.5 Å². The standard InChI is InChI=1S/C19H17F3N2O4S/c1-8-13-12(7-28-8)29-16(15(13)18(27)24-5-9(25)6-24)10-3-2-4-11(19(20,21)22)14(10)17(23)26/h2-4,8-9,25H,5-7H2,1H3,(H2,23,26). The van der Waals surface area contributed by atoms with Crippen LogP contribution in [0.5, 0.6) is 0 Å². The third kappa shape index (κ3) is 3.21. The Morgan fingerprint density at radius 3 is 2.55 bits per heavy atom. The lowest BCUT2D eigenvalue weighted by Crippen LogP contribution is -2.53. The number of hydrogen-bond donors (Lipinski definition) is 2. The lowest BCUT2D eigenvalue weighted by Gasteiger charge is -2.36. The van der Waals surface area contributed by atoms with Crippen molar-refractivity contribution in [3.05, 3.63) is 45.3 Å². The lowest BCUT2D eigenvalue weighted by molar-refractivity contribution is -0.137. The van der Waals surface area contributed by atoms with Gasteiger partial charge in [0.25, 0.3) is 5.91 Å². The number of fused-ring (bicyclic) bond motifs is 1. The fraction of sp³-hybridized carbons (Fsp3) is 0.368. The van der Waals surface area contributed by atoms with E-state index in [1.165, 1.54) is 17.0 Å². The summed E-state index contributed by atoms with van der Waals surface area (Å²) in [5, 5.41) is 9.54. The number of benzene rings is 1. The number of thiophene rings is 1. The van der Waals surface area contributed by atoms with E-state index in [2.05, 4.69) is 0 Å². The molecule has 0 aliphatic carbocycles. The Labute approximate surface area is 167 Å². The third-order valence-corrected chi connectivity index (χ3v) is 6.33. The monoisotopic (exact) mass is 426 g/mol. The maximum atomic E-state index is 13.5. The van der Waals surface area contributed by atoms with Crippen molar-refractivity contribution in [2.24, 2.45) is 5.73 Å². The molecule has 6 nitrogen and oxygen atoms in total. The Morgan fingerprint density at radius 2 is 1.97 bits per heavy atom. The molecule has 4 rings (SSSR count). The largest absolute Gasteiger partial charge is 0.417 e. The number of alkyl halides is 3. The molecule has 2 aliphatic rings. The Bertz CT molecular complexity index is 1010. The summed E-state index contributed by atoms with van der Waals surface area (Å²) in [6, 6.07) is 3.35. The second-order valence-electron chi connectivity index (χ2n) is 7.05. The van der Waals surface area contributed by atoms with Gasteiger partial charge in [-0.1, -0.05) is 12.1 Å². The number of aliphatic hydroxyl groups excluding tert-OH is 1. The number of rotatable bonds is 3. The fourth-order valence-electron chi connectivity index (χ4n) is 3.74. The number of β-amino-alcohol motifs (C(OH)–C–C–N with tert-alkyl or cyclic N) is 1. The molecule has 3 N–H and O–H groups in total. The number of carbonyl (C=O) groups is 2. The molecule has 0 saturated carbocycles. The number of halogens is 3. The van der Waals surface area contributed by atoms with E-state index in [1.54, 1.807) is 6.92 Å². The van der Waals surface area contributed by atoms with E-state index in [1.807, 2.05) is 0 Å². The first-order chi connectivity index (χ1) is 13.6. The smallest absolute Gasteiger partial charge is 0.389 e.